The summed E-state index contributed by atoms with van der Waals surface area (Å²) in [5.74, 6) is -3.65. The largest absolute Gasteiger partial charge is 0.490 e. The number of hydrogen-bond acceptors (Lipinski definition) is 7. The van der Waals surface area contributed by atoms with E-state index in [9.17, 15) is 26.4 Å². The fraction of sp³-hybridized carbons (Fsp3) is 0.429. The number of nitrogens with one attached hydrogen (secondary N) is 2. The zero-order valence-corrected chi connectivity index (χ0v) is 16.2. The number of aromatic nitrogens is 3. The third kappa shape index (κ3) is 7.90. The minimum absolute atomic E-state index is 0.143. The van der Waals surface area contributed by atoms with E-state index in [0.717, 1.165) is 6.26 Å². The van der Waals surface area contributed by atoms with Crippen molar-refractivity contribution in [2.75, 3.05) is 18.1 Å². The van der Waals surface area contributed by atoms with Gasteiger partial charge >= 0.3 is 18.1 Å². The predicted molar refractivity (Wildman–Crippen MR) is 94.2 cm³/mol. The Morgan fingerprint density at radius 3 is 2.24 bits per heavy atom. The van der Waals surface area contributed by atoms with Crippen molar-refractivity contribution < 1.29 is 41.4 Å². The van der Waals surface area contributed by atoms with Gasteiger partial charge in [0.15, 0.2) is 5.69 Å². The molecule has 0 fully saturated rings. The third-order valence-electron chi connectivity index (χ3n) is 3.00. The van der Waals surface area contributed by atoms with Crippen LogP contribution in [0.2, 0.25) is 0 Å². The van der Waals surface area contributed by atoms with Crippen LogP contribution in [-0.4, -0.2) is 69.5 Å². The molecule has 29 heavy (non-hydrogen) atoms. The van der Waals surface area contributed by atoms with Crippen molar-refractivity contribution >= 4 is 33.6 Å². The van der Waals surface area contributed by atoms with Crippen LogP contribution in [-0.2, 0) is 14.8 Å². The van der Waals surface area contributed by atoms with Crippen LogP contribution in [0.25, 0.3) is 5.65 Å². The average molecular weight is 441 g/mol. The minimum Gasteiger partial charge on any atom is -0.477 e. The normalized spacial score (nSPS) is 12.2. The molecule has 0 radical (unpaired) electrons. The molecule has 2 aromatic rings. The highest BCUT2D eigenvalue weighted by Crippen LogP contribution is 2.14. The third-order valence-corrected chi connectivity index (χ3v) is 3.92. The molecule has 0 aliphatic carbocycles. The number of imidazole rings is 1. The second kappa shape index (κ2) is 8.60. The lowest BCUT2D eigenvalue weighted by atomic mass is 10.1. The highest BCUT2D eigenvalue weighted by molar-refractivity contribution is 7.88. The van der Waals surface area contributed by atoms with Crippen LogP contribution < -0.4 is 10.0 Å². The Morgan fingerprint density at radius 1 is 1.24 bits per heavy atom. The van der Waals surface area contributed by atoms with Crippen molar-refractivity contribution in [3.63, 3.8) is 0 Å². The molecule has 0 saturated carbocycles. The second-order valence-corrected chi connectivity index (χ2v) is 8.09. The zero-order chi connectivity index (χ0) is 22.6. The highest BCUT2D eigenvalue weighted by Gasteiger charge is 2.38. The van der Waals surface area contributed by atoms with Gasteiger partial charge in [-0.2, -0.15) is 13.2 Å². The van der Waals surface area contributed by atoms with E-state index < -0.39 is 33.7 Å². The van der Waals surface area contributed by atoms with E-state index in [1.54, 1.807) is 24.4 Å². The number of carboxylic acids is 2. The molecule has 0 amide bonds. The molecule has 0 spiro atoms. The first-order chi connectivity index (χ1) is 13.0. The number of halogens is 3. The van der Waals surface area contributed by atoms with E-state index in [1.807, 2.05) is 0 Å². The molecular weight excluding hydrogens is 423 g/mol. The van der Waals surface area contributed by atoms with Gasteiger partial charge in [0.2, 0.25) is 16.0 Å². The van der Waals surface area contributed by atoms with Gasteiger partial charge in [-0.05, 0) is 13.8 Å². The number of sulfonamides is 1. The lowest BCUT2D eigenvalue weighted by Gasteiger charge is -2.25. The second-order valence-electron chi connectivity index (χ2n) is 6.34. The molecule has 162 valence electrons. The molecule has 11 nitrogen and oxygen atoms in total. The Kier molecular flexibility index (Phi) is 7.15. The van der Waals surface area contributed by atoms with Gasteiger partial charge in [0.1, 0.15) is 5.65 Å². The molecule has 0 aliphatic rings. The average Bonchev–Trinajstić information content (AvgIpc) is 2.98. The van der Waals surface area contributed by atoms with E-state index in [2.05, 4.69) is 20.0 Å². The Balaban J connectivity index is 0.000000516. The maximum Gasteiger partial charge on any atom is 0.490 e. The molecule has 15 heteroatoms. The van der Waals surface area contributed by atoms with Crippen LogP contribution in [0.1, 0.15) is 24.3 Å². The molecule has 0 bridgehead atoms. The van der Waals surface area contributed by atoms with Gasteiger partial charge < -0.3 is 15.5 Å². The number of aromatic carboxylic acids is 1. The lowest BCUT2D eigenvalue weighted by Crippen LogP contribution is -2.48. The zero-order valence-electron chi connectivity index (χ0n) is 15.4. The molecule has 2 rings (SSSR count). The van der Waals surface area contributed by atoms with Crippen LogP contribution >= 0.6 is 0 Å². The van der Waals surface area contributed by atoms with Crippen molar-refractivity contribution in [2.45, 2.75) is 25.6 Å². The highest BCUT2D eigenvalue weighted by atomic mass is 32.2. The number of hydrogen-bond donors (Lipinski definition) is 4. The van der Waals surface area contributed by atoms with Crippen LogP contribution in [0.3, 0.4) is 0 Å². The first-order valence-corrected chi connectivity index (χ1v) is 9.51. The topological polar surface area (TPSA) is 163 Å². The maximum atomic E-state index is 11.3. The number of aliphatic carboxylic acids is 1. The fourth-order valence-corrected chi connectivity index (χ4v) is 3.07. The van der Waals surface area contributed by atoms with Gasteiger partial charge in [-0.15, -0.1) is 0 Å². The summed E-state index contributed by atoms with van der Waals surface area (Å²) in [6.07, 6.45) is -0.854. The van der Waals surface area contributed by atoms with Crippen LogP contribution in [0.4, 0.5) is 19.1 Å². The molecule has 0 aliphatic heterocycles. The number of nitrogens with zero attached hydrogens (tertiary/aromatic N) is 3. The summed E-state index contributed by atoms with van der Waals surface area (Å²) in [7, 11) is -3.36. The maximum absolute atomic E-state index is 11.3. The molecular formula is C14H18F3N5O6S. The van der Waals surface area contributed by atoms with Crippen LogP contribution in [0.5, 0.6) is 0 Å². The van der Waals surface area contributed by atoms with E-state index in [1.165, 1.54) is 12.3 Å². The van der Waals surface area contributed by atoms with Gasteiger partial charge in [0.05, 0.1) is 6.26 Å². The minimum atomic E-state index is -5.08. The van der Waals surface area contributed by atoms with E-state index in [-0.39, 0.29) is 18.2 Å². The number of rotatable bonds is 6. The Hall–Kier alpha value is -2.94. The SMILES string of the molecule is CC(C)(CNc1nc(C(=O)O)cc2nccn12)NS(C)(=O)=O.O=C(O)C(F)(F)F. The van der Waals surface area contributed by atoms with Gasteiger partial charge in [0, 0.05) is 30.5 Å². The van der Waals surface area contributed by atoms with Gasteiger partial charge in [-0.25, -0.2) is 32.7 Å². The summed E-state index contributed by atoms with van der Waals surface area (Å²) in [6, 6.07) is 1.35. The summed E-state index contributed by atoms with van der Waals surface area (Å²) in [4.78, 5) is 28.0. The van der Waals surface area contributed by atoms with Crippen molar-refractivity contribution in [1.82, 2.24) is 19.1 Å². The van der Waals surface area contributed by atoms with Crippen LogP contribution in [0, 0.1) is 0 Å². The molecule has 2 heterocycles. The summed E-state index contributed by atoms with van der Waals surface area (Å²) in [6.45, 7) is 3.61. The summed E-state index contributed by atoms with van der Waals surface area (Å²) >= 11 is 0. The van der Waals surface area contributed by atoms with Gasteiger partial charge in [0.25, 0.3) is 0 Å². The first kappa shape index (κ1) is 24.1. The number of carbonyl (C=O) groups is 2. The standard InChI is InChI=1S/C12H17N5O4S.C2HF3O2/c1-12(2,16-22(3,20)21)7-14-11-15-8(10(18)19)6-9-13-4-5-17(9)11;3-2(4,5)1(6)7/h4-6,16H,7H2,1-3H3,(H,14,15)(H,18,19);(H,6,7). The first-order valence-electron chi connectivity index (χ1n) is 7.62. The molecule has 4 N–H and O–H groups in total. The van der Waals surface area contributed by atoms with Crippen molar-refractivity contribution in [1.29, 1.82) is 0 Å². The van der Waals surface area contributed by atoms with E-state index >= 15 is 0 Å². The van der Waals surface area contributed by atoms with Crippen LogP contribution in [0.15, 0.2) is 18.5 Å². The number of fused-ring (bicyclic) bond motifs is 1. The van der Waals surface area contributed by atoms with Crippen molar-refractivity contribution in [3.05, 3.63) is 24.2 Å². The van der Waals surface area contributed by atoms with E-state index in [4.69, 9.17) is 15.0 Å². The summed E-state index contributed by atoms with van der Waals surface area (Å²) in [5.41, 5.74) is -0.486. The van der Waals surface area contributed by atoms with Crippen molar-refractivity contribution in [3.8, 4) is 0 Å². The summed E-state index contributed by atoms with van der Waals surface area (Å²) < 4.78 is 58.5. The molecule has 0 aromatic carbocycles. The fourth-order valence-electron chi connectivity index (χ4n) is 2.00. The Morgan fingerprint density at radius 2 is 1.79 bits per heavy atom. The number of alkyl halides is 3. The quantitative estimate of drug-likeness (QED) is 0.508. The number of anilines is 1. The monoisotopic (exact) mass is 441 g/mol. The smallest absolute Gasteiger partial charge is 0.477 e. The molecule has 0 saturated heterocycles. The van der Waals surface area contributed by atoms with Gasteiger partial charge in [-0.3, -0.25) is 4.40 Å². The molecule has 0 atom stereocenters. The molecule has 0 unspecified atom stereocenters. The number of carboxylic acid groups (broad SMARTS) is 2. The van der Waals surface area contributed by atoms with Gasteiger partial charge in [-0.1, -0.05) is 0 Å². The van der Waals surface area contributed by atoms with E-state index in [0.29, 0.717) is 5.65 Å². The Labute approximate surface area is 162 Å². The Bertz CT molecular complexity index is 1000. The van der Waals surface area contributed by atoms with Crippen molar-refractivity contribution in [2.24, 2.45) is 0 Å². The summed E-state index contributed by atoms with van der Waals surface area (Å²) in [5, 5.41) is 19.1. The predicted octanol–water partition coefficient (Wildman–Crippen LogP) is 0.800. The molecule has 2 aromatic heterocycles. The lowest BCUT2D eigenvalue weighted by molar-refractivity contribution is -0.192.